The Labute approximate surface area is 117 Å². The fourth-order valence-electron chi connectivity index (χ4n) is 1.73. The normalized spacial score (nSPS) is 10.1. The van der Waals surface area contributed by atoms with Gasteiger partial charge in [0.2, 0.25) is 0 Å². The molecule has 3 nitrogen and oxygen atoms in total. The van der Waals surface area contributed by atoms with E-state index < -0.39 is 0 Å². The number of hydrogen-bond donors (Lipinski definition) is 0. The molecule has 0 radical (unpaired) electrons. The molecule has 0 bridgehead atoms. The highest BCUT2D eigenvalue weighted by molar-refractivity contribution is 5.77. The Balaban J connectivity index is 1.83. The quantitative estimate of drug-likeness (QED) is 0.838. The van der Waals surface area contributed by atoms with E-state index >= 15 is 0 Å². The topological polar surface area (TPSA) is 29.5 Å². The lowest BCUT2D eigenvalue weighted by Crippen LogP contribution is -2.30. The number of ether oxygens (including phenoxy) is 1. The molecule has 4 heteroatoms. The van der Waals surface area contributed by atoms with Gasteiger partial charge in [-0.25, -0.2) is 4.39 Å². The molecule has 2 aromatic carbocycles. The molecule has 0 saturated heterocycles. The Morgan fingerprint density at radius 1 is 1.10 bits per heavy atom. The van der Waals surface area contributed by atoms with E-state index in [1.165, 1.54) is 24.3 Å². The maximum atomic E-state index is 12.7. The molecule has 0 fully saturated rings. The summed E-state index contributed by atoms with van der Waals surface area (Å²) in [7, 11) is 1.73. The second-order valence-electron chi connectivity index (χ2n) is 4.48. The Bertz CT molecular complexity index is 554. The maximum Gasteiger partial charge on any atom is 0.260 e. The molecule has 0 N–H and O–H groups in total. The molecular formula is C16H16FNO2. The van der Waals surface area contributed by atoms with Gasteiger partial charge in [0.05, 0.1) is 0 Å². The number of hydrogen-bond acceptors (Lipinski definition) is 2. The summed E-state index contributed by atoms with van der Waals surface area (Å²) in [5.74, 6) is 0.0240. The highest BCUT2D eigenvalue weighted by Gasteiger charge is 2.10. The average molecular weight is 273 g/mol. The van der Waals surface area contributed by atoms with Gasteiger partial charge in [0.1, 0.15) is 11.6 Å². The summed E-state index contributed by atoms with van der Waals surface area (Å²) < 4.78 is 18.0. The average Bonchev–Trinajstić information content (AvgIpc) is 2.47. The predicted molar refractivity (Wildman–Crippen MR) is 74.8 cm³/mol. The zero-order valence-electron chi connectivity index (χ0n) is 11.3. The number of benzene rings is 2. The van der Waals surface area contributed by atoms with Gasteiger partial charge in [-0.05, 0) is 29.8 Å². The standard InChI is InChI=1S/C16H16FNO2/c1-18(11-13-5-3-2-4-6-13)16(19)12-20-15-9-7-14(17)8-10-15/h2-10H,11-12H2,1H3. The van der Waals surface area contributed by atoms with Crippen molar-refractivity contribution >= 4 is 5.91 Å². The molecule has 0 aliphatic carbocycles. The van der Waals surface area contributed by atoms with Gasteiger partial charge in [0.25, 0.3) is 5.91 Å². The van der Waals surface area contributed by atoms with Crippen LogP contribution < -0.4 is 4.74 Å². The minimum absolute atomic E-state index is 0.0605. The van der Waals surface area contributed by atoms with Crippen LogP contribution >= 0.6 is 0 Å². The van der Waals surface area contributed by atoms with Crippen LogP contribution in [0.5, 0.6) is 5.75 Å². The summed E-state index contributed by atoms with van der Waals surface area (Å²) in [6.45, 7) is 0.474. The molecule has 0 heterocycles. The number of carbonyl (C=O) groups excluding carboxylic acids is 1. The highest BCUT2D eigenvalue weighted by Crippen LogP contribution is 2.11. The Hall–Kier alpha value is -2.36. The van der Waals surface area contributed by atoms with E-state index in [4.69, 9.17) is 4.74 Å². The molecule has 20 heavy (non-hydrogen) atoms. The predicted octanol–water partition coefficient (Wildman–Crippen LogP) is 2.86. The maximum absolute atomic E-state index is 12.7. The number of likely N-dealkylation sites (N-methyl/N-ethyl adjacent to an activating group) is 1. The fourth-order valence-corrected chi connectivity index (χ4v) is 1.73. The van der Waals surface area contributed by atoms with Crippen molar-refractivity contribution in [2.45, 2.75) is 6.54 Å². The van der Waals surface area contributed by atoms with Gasteiger partial charge in [0.15, 0.2) is 6.61 Å². The second kappa shape index (κ2) is 6.70. The minimum atomic E-state index is -0.329. The first-order valence-electron chi connectivity index (χ1n) is 6.31. The summed E-state index contributed by atoms with van der Waals surface area (Å²) in [4.78, 5) is 13.5. The number of nitrogens with zero attached hydrogens (tertiary/aromatic N) is 1. The van der Waals surface area contributed by atoms with Crippen LogP contribution in [0.4, 0.5) is 4.39 Å². The smallest absolute Gasteiger partial charge is 0.260 e. The van der Waals surface area contributed by atoms with E-state index in [-0.39, 0.29) is 18.3 Å². The highest BCUT2D eigenvalue weighted by atomic mass is 19.1. The number of amides is 1. The van der Waals surface area contributed by atoms with Crippen LogP contribution in [0, 0.1) is 5.82 Å². The van der Waals surface area contributed by atoms with Crippen LogP contribution in [0.3, 0.4) is 0 Å². The number of carbonyl (C=O) groups is 1. The van der Waals surface area contributed by atoms with Gasteiger partial charge in [-0.1, -0.05) is 30.3 Å². The summed E-state index contributed by atoms with van der Waals surface area (Å²) in [6.07, 6.45) is 0. The molecule has 0 atom stereocenters. The third-order valence-electron chi connectivity index (χ3n) is 2.86. The molecule has 2 aromatic rings. The van der Waals surface area contributed by atoms with Gasteiger partial charge in [-0.15, -0.1) is 0 Å². The Kier molecular flexibility index (Phi) is 4.71. The van der Waals surface area contributed by atoms with Crippen molar-refractivity contribution < 1.29 is 13.9 Å². The summed E-state index contributed by atoms with van der Waals surface area (Å²) in [5, 5.41) is 0. The monoisotopic (exact) mass is 273 g/mol. The van der Waals surface area contributed by atoms with Crippen molar-refractivity contribution in [3.8, 4) is 5.75 Å². The van der Waals surface area contributed by atoms with E-state index in [9.17, 15) is 9.18 Å². The van der Waals surface area contributed by atoms with Crippen molar-refractivity contribution in [1.82, 2.24) is 4.90 Å². The van der Waals surface area contributed by atoms with Crippen molar-refractivity contribution in [3.63, 3.8) is 0 Å². The summed E-state index contributed by atoms with van der Waals surface area (Å²) in [6, 6.07) is 15.3. The zero-order valence-corrected chi connectivity index (χ0v) is 11.3. The van der Waals surface area contributed by atoms with E-state index in [0.717, 1.165) is 5.56 Å². The van der Waals surface area contributed by atoms with E-state index in [1.807, 2.05) is 30.3 Å². The molecule has 0 unspecified atom stereocenters. The molecule has 104 valence electrons. The summed E-state index contributed by atoms with van der Waals surface area (Å²) >= 11 is 0. The zero-order chi connectivity index (χ0) is 14.4. The lowest BCUT2D eigenvalue weighted by atomic mass is 10.2. The summed E-state index contributed by atoms with van der Waals surface area (Å²) in [5.41, 5.74) is 1.06. The van der Waals surface area contributed by atoms with Crippen LogP contribution in [0.25, 0.3) is 0 Å². The molecular weight excluding hydrogens is 257 g/mol. The third kappa shape index (κ3) is 4.09. The second-order valence-corrected chi connectivity index (χ2v) is 4.48. The minimum Gasteiger partial charge on any atom is -0.484 e. The van der Waals surface area contributed by atoms with Gasteiger partial charge in [0, 0.05) is 13.6 Å². The van der Waals surface area contributed by atoms with Crippen LogP contribution in [0.1, 0.15) is 5.56 Å². The molecule has 0 aromatic heterocycles. The van der Waals surface area contributed by atoms with Crippen LogP contribution in [0.15, 0.2) is 54.6 Å². The lowest BCUT2D eigenvalue weighted by molar-refractivity contribution is -0.132. The van der Waals surface area contributed by atoms with Gasteiger partial charge in [-0.2, -0.15) is 0 Å². The molecule has 2 rings (SSSR count). The molecule has 0 aliphatic rings. The van der Waals surface area contributed by atoms with Crippen LogP contribution in [-0.2, 0) is 11.3 Å². The largest absolute Gasteiger partial charge is 0.484 e. The van der Waals surface area contributed by atoms with E-state index in [2.05, 4.69) is 0 Å². The number of rotatable bonds is 5. The van der Waals surface area contributed by atoms with E-state index in [1.54, 1.807) is 11.9 Å². The van der Waals surface area contributed by atoms with Crippen molar-refractivity contribution in [1.29, 1.82) is 0 Å². The first-order valence-corrected chi connectivity index (χ1v) is 6.31. The lowest BCUT2D eigenvalue weighted by Gasteiger charge is -2.17. The fraction of sp³-hybridized carbons (Fsp3) is 0.188. The molecule has 1 amide bonds. The van der Waals surface area contributed by atoms with Crippen molar-refractivity contribution in [3.05, 3.63) is 66.0 Å². The van der Waals surface area contributed by atoms with Gasteiger partial charge in [-0.3, -0.25) is 4.79 Å². The Morgan fingerprint density at radius 2 is 1.75 bits per heavy atom. The first-order chi connectivity index (χ1) is 9.65. The van der Waals surface area contributed by atoms with E-state index in [0.29, 0.717) is 12.3 Å². The molecule has 0 saturated carbocycles. The van der Waals surface area contributed by atoms with Gasteiger partial charge < -0.3 is 9.64 Å². The molecule has 0 aliphatic heterocycles. The first kappa shape index (κ1) is 14.1. The van der Waals surface area contributed by atoms with Crippen LogP contribution in [-0.4, -0.2) is 24.5 Å². The van der Waals surface area contributed by atoms with Gasteiger partial charge >= 0.3 is 0 Å². The third-order valence-corrected chi connectivity index (χ3v) is 2.86. The number of halogens is 1. The Morgan fingerprint density at radius 3 is 2.40 bits per heavy atom. The van der Waals surface area contributed by atoms with Crippen molar-refractivity contribution in [2.75, 3.05) is 13.7 Å². The van der Waals surface area contributed by atoms with Crippen molar-refractivity contribution in [2.24, 2.45) is 0 Å². The molecule has 0 spiro atoms. The SMILES string of the molecule is CN(Cc1ccccc1)C(=O)COc1ccc(F)cc1. The van der Waals surface area contributed by atoms with Crippen LogP contribution in [0.2, 0.25) is 0 Å².